The number of aromatic nitrogens is 4. The molecule has 0 unspecified atom stereocenters. The number of imidazole rings is 1. The first kappa shape index (κ1) is 30.3. The number of hydrogen-bond donors (Lipinski definition) is 1. The number of ketones is 1. The van der Waals surface area contributed by atoms with Crippen molar-refractivity contribution in [1.29, 1.82) is 0 Å². The Hall–Kier alpha value is -4.41. The summed E-state index contributed by atoms with van der Waals surface area (Å²) in [4.78, 5) is 50.9. The molecular weight excluding hydrogens is 584 g/mol. The summed E-state index contributed by atoms with van der Waals surface area (Å²) in [5, 5.41) is 4.10. The lowest BCUT2D eigenvalue weighted by molar-refractivity contribution is -0.118. The summed E-state index contributed by atoms with van der Waals surface area (Å²) in [7, 11) is 3.57. The minimum absolute atomic E-state index is 0.0277. The highest BCUT2D eigenvalue weighted by Gasteiger charge is 2.55. The van der Waals surface area contributed by atoms with Crippen molar-refractivity contribution in [3.63, 3.8) is 0 Å². The minimum Gasteiger partial charge on any atom is -0.494 e. The van der Waals surface area contributed by atoms with E-state index < -0.39 is 11.7 Å². The summed E-state index contributed by atoms with van der Waals surface area (Å²) < 4.78 is 15.7. The third-order valence-electron chi connectivity index (χ3n) is 9.67. The number of nitrogens with zero attached hydrogens (tertiary/aromatic N) is 5. The second-order valence-corrected chi connectivity index (χ2v) is 14.3. The molecule has 4 atom stereocenters. The summed E-state index contributed by atoms with van der Waals surface area (Å²) in [5.41, 5.74) is 3.19. The zero-order chi connectivity index (χ0) is 32.5. The molecule has 2 amide bonds. The molecule has 242 valence electrons. The van der Waals surface area contributed by atoms with Crippen molar-refractivity contribution >= 4 is 39.9 Å². The summed E-state index contributed by atoms with van der Waals surface area (Å²) in [6.07, 6.45) is 4.87. The molecular formula is C35H42N6O5. The van der Waals surface area contributed by atoms with Gasteiger partial charge in [0.2, 0.25) is 0 Å². The van der Waals surface area contributed by atoms with Crippen LogP contribution in [0.1, 0.15) is 63.7 Å². The molecule has 1 aromatic carbocycles. The van der Waals surface area contributed by atoms with Gasteiger partial charge < -0.3 is 33.6 Å². The van der Waals surface area contributed by atoms with Crippen LogP contribution in [0.3, 0.4) is 0 Å². The fraction of sp³-hybridized carbons (Fsp3) is 0.514. The highest BCUT2D eigenvalue weighted by Crippen LogP contribution is 2.45. The van der Waals surface area contributed by atoms with Gasteiger partial charge in [0.25, 0.3) is 5.91 Å². The summed E-state index contributed by atoms with van der Waals surface area (Å²) >= 11 is 0. The number of methoxy groups -OCH3 is 1. The third kappa shape index (κ3) is 5.39. The number of carbonyl (C=O) groups excluding carboxylic acids is 3. The molecule has 2 aliphatic carbocycles. The van der Waals surface area contributed by atoms with Gasteiger partial charge in [-0.25, -0.2) is 14.8 Å². The second-order valence-electron chi connectivity index (χ2n) is 14.3. The molecule has 4 heterocycles. The van der Waals surface area contributed by atoms with Crippen LogP contribution in [-0.2, 0) is 23.1 Å². The molecule has 2 bridgehead atoms. The first-order chi connectivity index (χ1) is 21.9. The number of carbonyl (C=O) groups is 3. The molecule has 7 rings (SSSR count). The van der Waals surface area contributed by atoms with Crippen LogP contribution >= 0.6 is 0 Å². The van der Waals surface area contributed by atoms with Crippen molar-refractivity contribution in [3.05, 3.63) is 42.1 Å². The number of fused-ring (bicyclic) bond motifs is 4. The van der Waals surface area contributed by atoms with Crippen molar-refractivity contribution in [3.8, 4) is 17.3 Å². The highest BCUT2D eigenvalue weighted by molar-refractivity contribution is 6.00. The van der Waals surface area contributed by atoms with Gasteiger partial charge >= 0.3 is 6.09 Å². The predicted octanol–water partition coefficient (Wildman–Crippen LogP) is 5.34. The summed E-state index contributed by atoms with van der Waals surface area (Å²) in [5.74, 6) is 1.85. The smallest absolute Gasteiger partial charge is 0.407 e. The van der Waals surface area contributed by atoms with Crippen LogP contribution in [0.5, 0.6) is 5.75 Å². The Balaban J connectivity index is 1.24. The molecule has 3 aromatic heterocycles. The summed E-state index contributed by atoms with van der Waals surface area (Å²) in [6.45, 7) is 8.41. The number of nitrogens with one attached hydrogen (secondary N) is 1. The van der Waals surface area contributed by atoms with Crippen LogP contribution in [0, 0.1) is 17.8 Å². The minimum atomic E-state index is -0.647. The first-order valence-electron chi connectivity index (χ1n) is 16.2. The Morgan fingerprint density at radius 1 is 1.13 bits per heavy atom. The van der Waals surface area contributed by atoms with Crippen LogP contribution in [-0.4, -0.2) is 73.1 Å². The van der Waals surface area contributed by atoms with Gasteiger partial charge in [0.1, 0.15) is 28.3 Å². The van der Waals surface area contributed by atoms with Crippen LogP contribution in [0.4, 0.5) is 4.79 Å². The number of ether oxygens (including phenoxy) is 2. The maximum Gasteiger partial charge on any atom is 0.407 e. The van der Waals surface area contributed by atoms with E-state index >= 15 is 0 Å². The molecule has 3 fully saturated rings. The first-order valence-corrected chi connectivity index (χ1v) is 16.2. The number of pyridine rings is 1. The van der Waals surface area contributed by atoms with E-state index in [0.717, 1.165) is 41.0 Å². The van der Waals surface area contributed by atoms with Gasteiger partial charge in [-0.2, -0.15) is 0 Å². The number of Topliss-reactive ketones (excluding diaryl/α,β-unsaturated/α-hetero) is 1. The molecule has 0 radical (unpaired) electrons. The Kier molecular flexibility index (Phi) is 7.32. The lowest BCUT2D eigenvalue weighted by Gasteiger charge is -2.33. The number of rotatable bonds is 8. The van der Waals surface area contributed by atoms with Gasteiger partial charge in [0.05, 0.1) is 30.4 Å². The number of likely N-dealkylation sites (tertiary alicyclic amines) is 1. The lowest BCUT2D eigenvalue weighted by Crippen LogP contribution is -2.49. The quantitative estimate of drug-likeness (QED) is 0.280. The van der Waals surface area contributed by atoms with Gasteiger partial charge in [0, 0.05) is 43.7 Å². The van der Waals surface area contributed by atoms with Gasteiger partial charge in [0.15, 0.2) is 5.82 Å². The van der Waals surface area contributed by atoms with E-state index in [1.54, 1.807) is 20.1 Å². The van der Waals surface area contributed by atoms with Crippen molar-refractivity contribution in [2.75, 3.05) is 13.7 Å². The van der Waals surface area contributed by atoms with E-state index in [1.807, 2.05) is 55.6 Å². The molecule has 4 aromatic rings. The van der Waals surface area contributed by atoms with Crippen molar-refractivity contribution in [1.82, 2.24) is 29.3 Å². The number of hydrogen-bond acceptors (Lipinski definition) is 7. The molecule has 1 aliphatic heterocycles. The number of aryl methyl sites for hydroxylation is 1. The average Bonchev–Trinajstić information content (AvgIpc) is 3.39. The second kappa shape index (κ2) is 11.1. The standard InChI is InChI=1S/C35H42N6O5/c1-19(42)12-22-13-24-18-41(29(22)28(24)38-34(44)46-35(2,3)4)33(43)23-14-25-30(27(16-23)45-6)39(5)32(37-25)26-15-21-8-7-11-36-31(21)40(26)17-20-9-10-20/h7-8,11,14-16,20,22,24,28-29H,9-10,12-13,17-18H2,1-6H3,(H,38,44)/t22-,24+,28+,29+/m0/s1. The summed E-state index contributed by atoms with van der Waals surface area (Å²) in [6, 6.07) is 9.15. The Bertz CT molecular complexity index is 1860. The predicted molar refractivity (Wildman–Crippen MR) is 174 cm³/mol. The maximum absolute atomic E-state index is 14.3. The lowest BCUT2D eigenvalue weighted by atomic mass is 9.92. The Morgan fingerprint density at radius 2 is 1.91 bits per heavy atom. The molecule has 1 N–H and O–H groups in total. The highest BCUT2D eigenvalue weighted by atomic mass is 16.6. The van der Waals surface area contributed by atoms with Crippen molar-refractivity contribution in [2.45, 2.75) is 77.6 Å². The SMILES string of the molecule is COc1cc(C(=O)N2C[C@H]3C[C@H](CC(C)=O)[C@@H]2[C@@H]3NC(=O)OC(C)(C)C)cc2nc(-c3cc4cccnc4n3CC3CC3)n(C)c12. The topological polar surface area (TPSA) is 121 Å². The Labute approximate surface area is 268 Å². The van der Waals surface area contributed by atoms with Crippen molar-refractivity contribution in [2.24, 2.45) is 24.8 Å². The maximum atomic E-state index is 14.3. The number of alkyl carbamates (subject to hydrolysis) is 1. The molecule has 1 saturated heterocycles. The van der Waals surface area contributed by atoms with Gasteiger partial charge in [-0.1, -0.05) is 0 Å². The fourth-order valence-electron chi connectivity index (χ4n) is 7.70. The van der Waals surface area contributed by atoms with Crippen LogP contribution in [0.25, 0.3) is 33.6 Å². The van der Waals surface area contributed by atoms with Crippen LogP contribution in [0.15, 0.2) is 36.5 Å². The zero-order valence-electron chi connectivity index (χ0n) is 27.4. The molecule has 46 heavy (non-hydrogen) atoms. The number of piperidine rings is 1. The van der Waals surface area contributed by atoms with E-state index in [0.29, 0.717) is 35.7 Å². The van der Waals surface area contributed by atoms with E-state index in [-0.39, 0.29) is 35.6 Å². The van der Waals surface area contributed by atoms with E-state index in [9.17, 15) is 14.4 Å². The van der Waals surface area contributed by atoms with Gasteiger partial charge in [-0.05, 0) is 95.0 Å². The average molecular weight is 627 g/mol. The molecule has 3 aliphatic rings. The number of benzene rings is 1. The van der Waals surface area contributed by atoms with Gasteiger partial charge in [-0.15, -0.1) is 0 Å². The molecule has 11 nitrogen and oxygen atoms in total. The molecule has 2 saturated carbocycles. The van der Waals surface area contributed by atoms with Crippen LogP contribution in [0.2, 0.25) is 0 Å². The van der Waals surface area contributed by atoms with E-state index in [4.69, 9.17) is 14.5 Å². The monoisotopic (exact) mass is 626 g/mol. The van der Waals surface area contributed by atoms with E-state index in [2.05, 4.69) is 27.0 Å². The van der Waals surface area contributed by atoms with Gasteiger partial charge in [-0.3, -0.25) is 4.79 Å². The normalized spacial score (nSPS) is 22.5. The molecule has 11 heteroatoms. The Morgan fingerprint density at radius 3 is 2.61 bits per heavy atom. The fourth-order valence-corrected chi connectivity index (χ4v) is 7.70. The third-order valence-corrected chi connectivity index (χ3v) is 9.67. The molecule has 0 spiro atoms. The number of amides is 2. The van der Waals surface area contributed by atoms with Crippen molar-refractivity contribution < 1.29 is 23.9 Å². The van der Waals surface area contributed by atoms with E-state index in [1.165, 1.54) is 12.8 Å². The zero-order valence-corrected chi connectivity index (χ0v) is 27.4. The largest absolute Gasteiger partial charge is 0.494 e. The van der Waals surface area contributed by atoms with Crippen LogP contribution < -0.4 is 10.1 Å².